The largest absolute Gasteiger partial charge is 0.493 e. The van der Waals surface area contributed by atoms with Crippen molar-refractivity contribution >= 4 is 33.3 Å². The summed E-state index contributed by atoms with van der Waals surface area (Å²) in [7, 11) is 3.09. The Labute approximate surface area is 193 Å². The fourth-order valence-electron chi connectivity index (χ4n) is 4.16. The zero-order valence-corrected chi connectivity index (χ0v) is 19.4. The molecule has 1 unspecified atom stereocenters. The SMILES string of the molecule is CCc1ccc2oc3c(c(=O)c2c1)C(c1ccc(OC)c(OC)c1)N(c1nnc(C)s1)C3=O. The smallest absolute Gasteiger partial charge is 0.297 e. The lowest BCUT2D eigenvalue weighted by Gasteiger charge is -2.23. The van der Waals surface area contributed by atoms with Crippen molar-refractivity contribution in [2.45, 2.75) is 26.3 Å². The second kappa shape index (κ2) is 8.00. The van der Waals surface area contributed by atoms with Gasteiger partial charge in [-0.25, -0.2) is 0 Å². The van der Waals surface area contributed by atoms with Crippen LogP contribution in [-0.2, 0) is 6.42 Å². The lowest BCUT2D eigenvalue weighted by Crippen LogP contribution is -2.29. The first kappa shape index (κ1) is 21.1. The van der Waals surface area contributed by atoms with Crippen molar-refractivity contribution in [2.75, 3.05) is 19.1 Å². The molecule has 1 atom stereocenters. The number of carbonyl (C=O) groups is 1. The Bertz CT molecular complexity index is 1460. The minimum Gasteiger partial charge on any atom is -0.493 e. The summed E-state index contributed by atoms with van der Waals surface area (Å²) >= 11 is 1.27. The van der Waals surface area contributed by atoms with Gasteiger partial charge in [0, 0.05) is 0 Å². The van der Waals surface area contributed by atoms with Gasteiger partial charge in [-0.1, -0.05) is 30.4 Å². The number of ether oxygens (including phenoxy) is 2. The van der Waals surface area contributed by atoms with Crippen molar-refractivity contribution in [3.8, 4) is 11.5 Å². The molecule has 1 aliphatic rings. The number of amides is 1. The number of rotatable bonds is 5. The average molecular weight is 464 g/mol. The number of nitrogens with zero attached hydrogens (tertiary/aromatic N) is 3. The highest BCUT2D eigenvalue weighted by atomic mass is 32.1. The summed E-state index contributed by atoms with van der Waals surface area (Å²) in [5.74, 6) is 0.619. The van der Waals surface area contributed by atoms with E-state index in [4.69, 9.17) is 13.9 Å². The van der Waals surface area contributed by atoms with E-state index in [9.17, 15) is 9.59 Å². The third kappa shape index (κ3) is 3.27. The highest BCUT2D eigenvalue weighted by Crippen LogP contribution is 2.43. The Morgan fingerprint density at radius 1 is 1.06 bits per heavy atom. The van der Waals surface area contributed by atoms with Crippen molar-refractivity contribution in [1.29, 1.82) is 0 Å². The summed E-state index contributed by atoms with van der Waals surface area (Å²) in [5.41, 5.74) is 2.11. The van der Waals surface area contributed by atoms with Crippen LogP contribution in [0.5, 0.6) is 11.5 Å². The maximum absolute atomic E-state index is 13.7. The molecule has 1 amide bonds. The van der Waals surface area contributed by atoms with Gasteiger partial charge in [0.25, 0.3) is 5.91 Å². The fourth-order valence-corrected chi connectivity index (χ4v) is 4.87. The van der Waals surface area contributed by atoms with Crippen LogP contribution in [0.3, 0.4) is 0 Å². The Hall–Kier alpha value is -3.72. The molecule has 0 aliphatic carbocycles. The van der Waals surface area contributed by atoms with Gasteiger partial charge in [-0.3, -0.25) is 14.5 Å². The zero-order valence-electron chi connectivity index (χ0n) is 18.5. The molecule has 0 saturated heterocycles. The van der Waals surface area contributed by atoms with Gasteiger partial charge in [0.15, 0.2) is 16.9 Å². The summed E-state index contributed by atoms with van der Waals surface area (Å²) in [4.78, 5) is 28.8. The minimum atomic E-state index is -0.745. The van der Waals surface area contributed by atoms with Gasteiger partial charge >= 0.3 is 0 Å². The number of hydrogen-bond donors (Lipinski definition) is 0. The predicted molar refractivity (Wildman–Crippen MR) is 125 cm³/mol. The van der Waals surface area contributed by atoms with Gasteiger partial charge in [0.1, 0.15) is 10.6 Å². The highest BCUT2D eigenvalue weighted by molar-refractivity contribution is 7.15. The molecular weight excluding hydrogens is 442 g/mol. The van der Waals surface area contributed by atoms with Crippen LogP contribution in [-0.4, -0.2) is 30.3 Å². The van der Waals surface area contributed by atoms with E-state index in [0.717, 1.165) is 12.0 Å². The first-order chi connectivity index (χ1) is 16.0. The maximum atomic E-state index is 13.7. The average Bonchev–Trinajstić information content (AvgIpc) is 3.39. The number of fused-ring (bicyclic) bond motifs is 2. The summed E-state index contributed by atoms with van der Waals surface area (Å²) in [6.45, 7) is 3.83. The van der Waals surface area contributed by atoms with Crippen LogP contribution in [0, 0.1) is 6.92 Å². The van der Waals surface area contributed by atoms with E-state index in [-0.39, 0.29) is 16.8 Å². The quantitative estimate of drug-likeness (QED) is 0.436. The monoisotopic (exact) mass is 463 g/mol. The number of benzene rings is 2. The topological polar surface area (TPSA) is 94.8 Å². The molecule has 0 radical (unpaired) electrons. The van der Waals surface area contributed by atoms with E-state index in [2.05, 4.69) is 10.2 Å². The number of methoxy groups -OCH3 is 2. The van der Waals surface area contributed by atoms with E-state index < -0.39 is 11.9 Å². The molecule has 168 valence electrons. The van der Waals surface area contributed by atoms with Crippen LogP contribution in [0.2, 0.25) is 0 Å². The highest BCUT2D eigenvalue weighted by Gasteiger charge is 2.45. The zero-order chi connectivity index (χ0) is 23.3. The van der Waals surface area contributed by atoms with E-state index >= 15 is 0 Å². The van der Waals surface area contributed by atoms with Crippen molar-refractivity contribution in [1.82, 2.24) is 10.2 Å². The Kier molecular flexibility index (Phi) is 5.13. The van der Waals surface area contributed by atoms with Crippen molar-refractivity contribution in [3.05, 3.63) is 74.1 Å². The summed E-state index contributed by atoms with van der Waals surface area (Å²) < 4.78 is 16.8. The first-order valence-corrected chi connectivity index (χ1v) is 11.2. The number of aromatic nitrogens is 2. The van der Waals surface area contributed by atoms with E-state index in [1.807, 2.05) is 26.0 Å². The van der Waals surface area contributed by atoms with E-state index in [1.165, 1.54) is 23.3 Å². The second-order valence-electron chi connectivity index (χ2n) is 7.65. The maximum Gasteiger partial charge on any atom is 0.297 e. The molecule has 0 N–H and O–H groups in total. The summed E-state index contributed by atoms with van der Waals surface area (Å²) in [6.07, 6.45) is 0.778. The van der Waals surface area contributed by atoms with Gasteiger partial charge in [-0.15, -0.1) is 10.2 Å². The first-order valence-electron chi connectivity index (χ1n) is 10.4. The van der Waals surface area contributed by atoms with E-state index in [0.29, 0.717) is 38.2 Å². The normalized spacial score (nSPS) is 15.2. The molecule has 0 fully saturated rings. The molecule has 4 aromatic rings. The molecule has 1 aliphatic heterocycles. The molecule has 2 aromatic carbocycles. The molecule has 3 heterocycles. The number of carbonyl (C=O) groups excluding carboxylic acids is 1. The number of hydrogen-bond acceptors (Lipinski definition) is 8. The molecule has 9 heteroatoms. The molecule has 0 bridgehead atoms. The molecule has 0 spiro atoms. The minimum absolute atomic E-state index is 0.0180. The van der Waals surface area contributed by atoms with Gasteiger partial charge < -0.3 is 13.9 Å². The summed E-state index contributed by atoms with van der Waals surface area (Å²) in [5, 5.41) is 9.79. The second-order valence-corrected chi connectivity index (χ2v) is 8.81. The van der Waals surface area contributed by atoms with Gasteiger partial charge in [-0.2, -0.15) is 0 Å². The van der Waals surface area contributed by atoms with Crippen LogP contribution in [0.25, 0.3) is 11.0 Å². The van der Waals surface area contributed by atoms with Crippen molar-refractivity contribution in [2.24, 2.45) is 0 Å². The molecule has 8 nitrogen and oxygen atoms in total. The van der Waals surface area contributed by atoms with Crippen LogP contribution >= 0.6 is 11.3 Å². The lowest BCUT2D eigenvalue weighted by molar-refractivity contribution is 0.0970. The van der Waals surface area contributed by atoms with Crippen molar-refractivity contribution in [3.63, 3.8) is 0 Å². The fraction of sp³-hybridized carbons (Fsp3) is 0.250. The standard InChI is InChI=1S/C24H21N3O5S/c1-5-13-6-8-16-15(10-13)21(28)19-20(14-7-9-17(30-3)18(11-14)31-4)27(23(29)22(19)32-16)24-26-25-12(2)33-24/h6-11,20H,5H2,1-4H3. The number of anilines is 1. The van der Waals surface area contributed by atoms with Crippen LogP contribution in [0.4, 0.5) is 5.13 Å². The number of aryl methyl sites for hydroxylation is 2. The Morgan fingerprint density at radius 2 is 1.85 bits per heavy atom. The molecule has 33 heavy (non-hydrogen) atoms. The molecular formula is C24H21N3O5S. The van der Waals surface area contributed by atoms with Crippen molar-refractivity contribution < 1.29 is 18.7 Å². The Balaban J connectivity index is 1.80. The van der Waals surface area contributed by atoms with Gasteiger partial charge in [0.2, 0.25) is 10.9 Å². The molecule has 2 aromatic heterocycles. The van der Waals surface area contributed by atoms with E-state index in [1.54, 1.807) is 31.4 Å². The Morgan fingerprint density at radius 3 is 2.52 bits per heavy atom. The lowest BCUT2D eigenvalue weighted by atomic mass is 9.97. The third-order valence-corrected chi connectivity index (χ3v) is 6.63. The van der Waals surface area contributed by atoms with Crippen LogP contribution < -0.4 is 19.8 Å². The summed E-state index contributed by atoms with van der Waals surface area (Å²) in [6, 6.07) is 10.0. The van der Waals surface area contributed by atoms with Gasteiger partial charge in [0.05, 0.1) is 31.2 Å². The van der Waals surface area contributed by atoms with Crippen LogP contribution in [0.1, 0.15) is 45.2 Å². The molecule has 0 saturated carbocycles. The van der Waals surface area contributed by atoms with Gasteiger partial charge in [-0.05, 0) is 48.7 Å². The predicted octanol–water partition coefficient (Wildman–Crippen LogP) is 4.28. The van der Waals surface area contributed by atoms with Crippen LogP contribution in [0.15, 0.2) is 45.6 Å². The third-order valence-electron chi connectivity index (χ3n) is 5.79. The molecule has 5 rings (SSSR count).